The Morgan fingerprint density at radius 1 is 0.935 bits per heavy atom. The minimum Gasteiger partial charge on any atom is -0.446 e. The monoisotopic (exact) mass is 429 g/mol. The smallest absolute Gasteiger partial charge is 0.410 e. The first-order valence-electron chi connectivity index (χ1n) is 11.3. The number of likely N-dealkylation sites (tertiary alicyclic amines) is 2. The molecule has 0 radical (unpaired) electrons. The Hall–Kier alpha value is -2.61. The summed E-state index contributed by atoms with van der Waals surface area (Å²) in [5.74, 6) is -1.55. The van der Waals surface area contributed by atoms with Gasteiger partial charge in [-0.05, 0) is 44.1 Å². The van der Waals surface area contributed by atoms with Crippen molar-refractivity contribution < 1.29 is 24.3 Å². The highest BCUT2D eigenvalue weighted by atomic mass is 16.6. The van der Waals surface area contributed by atoms with Crippen LogP contribution in [0, 0.1) is 11.8 Å². The quantitative estimate of drug-likeness (QED) is 0.566. The molecule has 2 aliphatic heterocycles. The van der Waals surface area contributed by atoms with Gasteiger partial charge in [0.05, 0.1) is 11.8 Å². The first kappa shape index (κ1) is 21.6. The number of hydrogen-bond donors (Lipinski definition) is 2. The summed E-state index contributed by atoms with van der Waals surface area (Å²) in [7, 11) is 0. The largest absolute Gasteiger partial charge is 0.446 e. The second-order valence-corrected chi connectivity index (χ2v) is 8.88. The third-order valence-electron chi connectivity index (χ3n) is 6.97. The predicted molar refractivity (Wildman–Crippen MR) is 112 cm³/mol. The zero-order valence-corrected chi connectivity index (χ0v) is 17.7. The maximum atomic E-state index is 13.3. The van der Waals surface area contributed by atoms with E-state index in [0.29, 0.717) is 44.9 Å². The van der Waals surface area contributed by atoms with Gasteiger partial charge in [0.1, 0.15) is 6.10 Å². The molecule has 3 fully saturated rings. The SMILES string of the molecule is O=C(NO)C1CC(OC(=O)N2CCCC2)CCC1C(=O)N1CC[C@H](c2ccccc2)C1. The Morgan fingerprint density at radius 3 is 2.39 bits per heavy atom. The van der Waals surface area contributed by atoms with Crippen LogP contribution in [-0.4, -0.2) is 65.2 Å². The summed E-state index contributed by atoms with van der Waals surface area (Å²) < 4.78 is 5.63. The predicted octanol–water partition coefficient (Wildman–Crippen LogP) is 2.53. The number of amides is 3. The van der Waals surface area contributed by atoms with Gasteiger partial charge in [-0.15, -0.1) is 0 Å². The number of carbonyl (C=O) groups is 3. The van der Waals surface area contributed by atoms with Crippen molar-refractivity contribution in [2.45, 2.75) is 50.5 Å². The summed E-state index contributed by atoms with van der Waals surface area (Å²) in [5.41, 5.74) is 2.94. The molecule has 3 unspecified atom stereocenters. The lowest BCUT2D eigenvalue weighted by Crippen LogP contribution is -2.47. The molecule has 0 spiro atoms. The van der Waals surface area contributed by atoms with Crippen LogP contribution in [0.2, 0.25) is 0 Å². The van der Waals surface area contributed by atoms with Crippen LogP contribution < -0.4 is 5.48 Å². The topological polar surface area (TPSA) is 99.2 Å². The van der Waals surface area contributed by atoms with Crippen molar-refractivity contribution in [3.63, 3.8) is 0 Å². The van der Waals surface area contributed by atoms with Crippen LogP contribution in [0.1, 0.15) is 50.0 Å². The van der Waals surface area contributed by atoms with E-state index >= 15 is 0 Å². The molecule has 3 aliphatic rings. The highest BCUT2D eigenvalue weighted by Crippen LogP contribution is 2.36. The van der Waals surface area contributed by atoms with Gasteiger partial charge < -0.3 is 14.5 Å². The van der Waals surface area contributed by atoms with Crippen LogP contribution in [0.4, 0.5) is 4.79 Å². The van der Waals surface area contributed by atoms with Crippen LogP contribution in [0.15, 0.2) is 30.3 Å². The second-order valence-electron chi connectivity index (χ2n) is 8.88. The van der Waals surface area contributed by atoms with E-state index in [2.05, 4.69) is 12.1 Å². The minimum absolute atomic E-state index is 0.0450. The maximum absolute atomic E-state index is 13.3. The number of ether oxygens (including phenoxy) is 1. The van der Waals surface area contributed by atoms with E-state index in [1.54, 1.807) is 10.4 Å². The standard InChI is InChI=1S/C23H31N3O5/c27-21(24-30)20-14-18(31-23(29)25-11-4-5-12-25)8-9-19(20)22(28)26-13-10-17(15-26)16-6-2-1-3-7-16/h1-3,6-7,17-20,30H,4-5,8-15H2,(H,24,27)/t17-,18?,19?,20?/m0/s1. The van der Waals surface area contributed by atoms with E-state index in [9.17, 15) is 19.6 Å². The van der Waals surface area contributed by atoms with Crippen LogP contribution >= 0.6 is 0 Å². The zero-order chi connectivity index (χ0) is 21.8. The molecule has 0 bridgehead atoms. The van der Waals surface area contributed by atoms with E-state index in [1.165, 1.54) is 5.56 Å². The van der Waals surface area contributed by atoms with Gasteiger partial charge in [-0.2, -0.15) is 0 Å². The molecule has 168 valence electrons. The van der Waals surface area contributed by atoms with E-state index < -0.39 is 23.8 Å². The Morgan fingerprint density at radius 2 is 1.68 bits per heavy atom. The molecule has 31 heavy (non-hydrogen) atoms. The number of carbonyl (C=O) groups excluding carboxylic acids is 3. The highest BCUT2D eigenvalue weighted by Gasteiger charge is 2.43. The summed E-state index contributed by atoms with van der Waals surface area (Å²) in [6, 6.07) is 10.2. The molecule has 2 N–H and O–H groups in total. The normalized spacial score (nSPS) is 28.4. The fourth-order valence-electron chi connectivity index (χ4n) is 5.22. The number of hydroxylamine groups is 1. The van der Waals surface area contributed by atoms with Crippen molar-refractivity contribution in [3.8, 4) is 0 Å². The summed E-state index contributed by atoms with van der Waals surface area (Å²) >= 11 is 0. The van der Waals surface area contributed by atoms with Crippen LogP contribution in [0.3, 0.4) is 0 Å². The fraction of sp³-hybridized carbons (Fsp3) is 0.609. The van der Waals surface area contributed by atoms with Gasteiger partial charge in [0.25, 0.3) is 0 Å². The molecule has 3 amide bonds. The number of nitrogens with one attached hydrogen (secondary N) is 1. The number of nitrogens with zero attached hydrogens (tertiary/aromatic N) is 2. The lowest BCUT2D eigenvalue weighted by atomic mass is 9.76. The number of hydrogen-bond acceptors (Lipinski definition) is 5. The van der Waals surface area contributed by atoms with E-state index in [0.717, 1.165) is 19.3 Å². The third kappa shape index (κ3) is 4.84. The van der Waals surface area contributed by atoms with Gasteiger partial charge >= 0.3 is 6.09 Å². The van der Waals surface area contributed by atoms with Crippen molar-refractivity contribution in [1.82, 2.24) is 15.3 Å². The summed E-state index contributed by atoms with van der Waals surface area (Å²) in [4.78, 5) is 41.5. The summed E-state index contributed by atoms with van der Waals surface area (Å²) in [5, 5.41) is 9.24. The van der Waals surface area contributed by atoms with Crippen LogP contribution in [-0.2, 0) is 14.3 Å². The first-order valence-corrected chi connectivity index (χ1v) is 11.3. The van der Waals surface area contributed by atoms with Gasteiger partial charge in [0, 0.05) is 32.1 Å². The average molecular weight is 430 g/mol. The molecule has 1 aromatic carbocycles. The van der Waals surface area contributed by atoms with Crippen LogP contribution in [0.25, 0.3) is 0 Å². The lowest BCUT2D eigenvalue weighted by molar-refractivity contribution is -0.148. The van der Waals surface area contributed by atoms with Crippen molar-refractivity contribution in [2.75, 3.05) is 26.2 Å². The van der Waals surface area contributed by atoms with E-state index in [4.69, 9.17) is 4.74 Å². The highest BCUT2D eigenvalue weighted by molar-refractivity contribution is 5.87. The average Bonchev–Trinajstić information content (AvgIpc) is 3.51. The fourth-order valence-corrected chi connectivity index (χ4v) is 5.22. The molecule has 1 aliphatic carbocycles. The molecule has 2 saturated heterocycles. The zero-order valence-electron chi connectivity index (χ0n) is 17.7. The van der Waals surface area contributed by atoms with Crippen molar-refractivity contribution >= 4 is 17.9 Å². The van der Waals surface area contributed by atoms with Crippen molar-refractivity contribution in [2.24, 2.45) is 11.8 Å². The Kier molecular flexibility index (Phi) is 6.75. The molecular formula is C23H31N3O5. The second kappa shape index (κ2) is 9.68. The van der Waals surface area contributed by atoms with Crippen molar-refractivity contribution in [3.05, 3.63) is 35.9 Å². The minimum atomic E-state index is -0.710. The van der Waals surface area contributed by atoms with E-state index in [-0.39, 0.29) is 18.4 Å². The maximum Gasteiger partial charge on any atom is 0.410 e. The van der Waals surface area contributed by atoms with Gasteiger partial charge in [-0.1, -0.05) is 30.3 Å². The number of rotatable bonds is 4. The Labute approximate surface area is 182 Å². The molecular weight excluding hydrogens is 398 g/mol. The molecule has 4 rings (SSSR count). The first-order chi connectivity index (χ1) is 15.1. The van der Waals surface area contributed by atoms with Gasteiger partial charge in [-0.25, -0.2) is 10.3 Å². The summed E-state index contributed by atoms with van der Waals surface area (Å²) in [6.07, 6.45) is 3.34. The molecule has 4 atom stereocenters. The van der Waals surface area contributed by atoms with Gasteiger partial charge in [0.15, 0.2) is 0 Å². The molecule has 1 aromatic rings. The Balaban J connectivity index is 1.38. The molecule has 0 aromatic heterocycles. The van der Waals surface area contributed by atoms with Crippen LogP contribution in [0.5, 0.6) is 0 Å². The molecule has 8 heteroatoms. The number of benzene rings is 1. The third-order valence-corrected chi connectivity index (χ3v) is 6.97. The molecule has 2 heterocycles. The lowest BCUT2D eigenvalue weighted by Gasteiger charge is -2.36. The molecule has 1 saturated carbocycles. The Bertz CT molecular complexity index is 796. The van der Waals surface area contributed by atoms with E-state index in [1.807, 2.05) is 23.1 Å². The summed E-state index contributed by atoms with van der Waals surface area (Å²) in [6.45, 7) is 2.70. The molecule has 8 nitrogen and oxygen atoms in total. The van der Waals surface area contributed by atoms with Gasteiger partial charge in [-0.3, -0.25) is 14.8 Å². The van der Waals surface area contributed by atoms with Crippen molar-refractivity contribution in [1.29, 1.82) is 0 Å². The van der Waals surface area contributed by atoms with Gasteiger partial charge in [0.2, 0.25) is 11.8 Å².